The molecule has 6 heteroatoms. The van der Waals surface area contributed by atoms with Gasteiger partial charge in [-0.1, -0.05) is 30.3 Å². The minimum Gasteiger partial charge on any atom is -0.377 e. The maximum absolute atomic E-state index is 11.6. The molecule has 1 aromatic heterocycles. The van der Waals surface area contributed by atoms with Crippen molar-refractivity contribution in [3.63, 3.8) is 0 Å². The molecule has 0 aliphatic rings. The molecular weight excluding hydrogens is 280 g/mol. The lowest BCUT2D eigenvalue weighted by Crippen LogP contribution is -2.25. The van der Waals surface area contributed by atoms with Crippen LogP contribution in [-0.4, -0.2) is 33.8 Å². The van der Waals surface area contributed by atoms with E-state index in [1.807, 2.05) is 30.3 Å². The van der Waals surface area contributed by atoms with E-state index < -0.39 is 0 Å². The average Bonchev–Trinajstić information content (AvgIpc) is 3.06. The molecule has 1 heterocycles. The minimum absolute atomic E-state index is 0.0712. The topological polar surface area (TPSA) is 69.0 Å². The van der Waals surface area contributed by atoms with Gasteiger partial charge in [-0.3, -0.25) is 9.48 Å². The SMILES string of the molecule is O=C(CCCOCc1ccccc1)NCCCn1cncn1. The third-order valence-corrected chi connectivity index (χ3v) is 3.16. The molecule has 0 fully saturated rings. The summed E-state index contributed by atoms with van der Waals surface area (Å²) in [6, 6.07) is 10.0. The van der Waals surface area contributed by atoms with E-state index in [1.165, 1.54) is 6.33 Å². The van der Waals surface area contributed by atoms with Crippen molar-refractivity contribution in [2.45, 2.75) is 32.4 Å². The molecule has 1 aromatic carbocycles. The van der Waals surface area contributed by atoms with Gasteiger partial charge in [-0.25, -0.2) is 4.98 Å². The lowest BCUT2D eigenvalue weighted by molar-refractivity contribution is -0.121. The van der Waals surface area contributed by atoms with Gasteiger partial charge in [0, 0.05) is 26.1 Å². The third kappa shape index (κ3) is 6.49. The van der Waals surface area contributed by atoms with Crippen molar-refractivity contribution in [2.75, 3.05) is 13.2 Å². The molecule has 0 unspecified atom stereocenters. The Hall–Kier alpha value is -2.21. The standard InChI is InChI=1S/C16H22N4O2/c21-16(18-9-5-10-20-14-17-13-19-20)8-4-11-22-12-15-6-2-1-3-7-15/h1-3,6-7,13-14H,4-5,8-12H2,(H,18,21). The van der Waals surface area contributed by atoms with Crippen molar-refractivity contribution in [3.8, 4) is 0 Å². The van der Waals surface area contributed by atoms with E-state index in [4.69, 9.17) is 4.74 Å². The van der Waals surface area contributed by atoms with Crippen LogP contribution in [0.3, 0.4) is 0 Å². The Morgan fingerprint density at radius 1 is 1.23 bits per heavy atom. The fourth-order valence-corrected chi connectivity index (χ4v) is 2.00. The smallest absolute Gasteiger partial charge is 0.220 e. The number of carbonyl (C=O) groups excluding carboxylic acids is 1. The molecular formula is C16H22N4O2. The number of nitrogens with one attached hydrogen (secondary N) is 1. The summed E-state index contributed by atoms with van der Waals surface area (Å²) in [7, 11) is 0. The molecule has 0 saturated heterocycles. The van der Waals surface area contributed by atoms with Crippen LogP contribution in [0, 0.1) is 0 Å². The van der Waals surface area contributed by atoms with E-state index in [0.29, 0.717) is 26.2 Å². The van der Waals surface area contributed by atoms with Gasteiger partial charge in [-0.05, 0) is 18.4 Å². The molecule has 2 rings (SSSR count). The van der Waals surface area contributed by atoms with E-state index >= 15 is 0 Å². The monoisotopic (exact) mass is 302 g/mol. The van der Waals surface area contributed by atoms with Crippen LogP contribution in [0.1, 0.15) is 24.8 Å². The van der Waals surface area contributed by atoms with Crippen molar-refractivity contribution < 1.29 is 9.53 Å². The molecule has 1 amide bonds. The lowest BCUT2D eigenvalue weighted by atomic mass is 10.2. The Balaban J connectivity index is 1.44. The average molecular weight is 302 g/mol. The molecule has 0 aliphatic heterocycles. The van der Waals surface area contributed by atoms with Crippen molar-refractivity contribution in [3.05, 3.63) is 48.5 Å². The maximum atomic E-state index is 11.6. The Morgan fingerprint density at radius 3 is 2.86 bits per heavy atom. The van der Waals surface area contributed by atoms with Gasteiger partial charge in [-0.2, -0.15) is 5.10 Å². The highest BCUT2D eigenvalue weighted by atomic mass is 16.5. The van der Waals surface area contributed by atoms with Gasteiger partial charge in [0.2, 0.25) is 5.91 Å². The summed E-state index contributed by atoms with van der Waals surface area (Å²) in [5.41, 5.74) is 1.15. The summed E-state index contributed by atoms with van der Waals surface area (Å²) >= 11 is 0. The molecule has 0 radical (unpaired) electrons. The Labute approximate surface area is 130 Å². The quantitative estimate of drug-likeness (QED) is 0.679. The Morgan fingerprint density at radius 2 is 2.09 bits per heavy atom. The summed E-state index contributed by atoms with van der Waals surface area (Å²) in [4.78, 5) is 15.5. The van der Waals surface area contributed by atoms with Crippen molar-refractivity contribution in [1.29, 1.82) is 0 Å². The normalized spacial score (nSPS) is 10.5. The van der Waals surface area contributed by atoms with E-state index in [2.05, 4.69) is 15.4 Å². The molecule has 22 heavy (non-hydrogen) atoms. The lowest BCUT2D eigenvalue weighted by Gasteiger charge is -2.06. The number of aryl methyl sites for hydroxylation is 1. The summed E-state index contributed by atoms with van der Waals surface area (Å²) in [5.74, 6) is 0.0712. The van der Waals surface area contributed by atoms with Crippen molar-refractivity contribution in [1.82, 2.24) is 20.1 Å². The van der Waals surface area contributed by atoms with E-state index in [1.54, 1.807) is 11.0 Å². The first-order chi connectivity index (χ1) is 10.8. The van der Waals surface area contributed by atoms with Gasteiger partial charge in [-0.15, -0.1) is 0 Å². The van der Waals surface area contributed by atoms with Crippen LogP contribution in [0.25, 0.3) is 0 Å². The van der Waals surface area contributed by atoms with Gasteiger partial charge < -0.3 is 10.1 Å². The molecule has 0 atom stereocenters. The molecule has 0 spiro atoms. The first-order valence-corrected chi connectivity index (χ1v) is 7.55. The van der Waals surface area contributed by atoms with Crippen molar-refractivity contribution >= 4 is 5.91 Å². The van der Waals surface area contributed by atoms with Crippen LogP contribution in [-0.2, 0) is 22.7 Å². The summed E-state index contributed by atoms with van der Waals surface area (Å²) in [5, 5.41) is 6.90. The summed E-state index contributed by atoms with van der Waals surface area (Å²) < 4.78 is 7.30. The fraction of sp³-hybridized carbons (Fsp3) is 0.438. The molecule has 6 nitrogen and oxygen atoms in total. The second-order valence-corrected chi connectivity index (χ2v) is 5.00. The van der Waals surface area contributed by atoms with Crippen LogP contribution in [0.5, 0.6) is 0 Å². The van der Waals surface area contributed by atoms with Gasteiger partial charge in [0.25, 0.3) is 0 Å². The van der Waals surface area contributed by atoms with Crippen LogP contribution >= 0.6 is 0 Å². The number of hydrogen-bond donors (Lipinski definition) is 1. The zero-order valence-corrected chi connectivity index (χ0v) is 12.6. The number of amides is 1. The summed E-state index contributed by atoms with van der Waals surface area (Å²) in [6.45, 7) is 2.62. The van der Waals surface area contributed by atoms with Crippen LogP contribution in [0.2, 0.25) is 0 Å². The van der Waals surface area contributed by atoms with Gasteiger partial charge >= 0.3 is 0 Å². The van der Waals surface area contributed by atoms with E-state index in [-0.39, 0.29) is 5.91 Å². The Bertz CT molecular complexity index is 528. The first-order valence-electron chi connectivity index (χ1n) is 7.55. The largest absolute Gasteiger partial charge is 0.377 e. The number of benzene rings is 1. The predicted octanol–water partition coefficient (Wildman–Crippen LogP) is 1.78. The van der Waals surface area contributed by atoms with E-state index in [9.17, 15) is 4.79 Å². The predicted molar refractivity (Wildman–Crippen MR) is 83.0 cm³/mol. The maximum Gasteiger partial charge on any atom is 0.220 e. The fourth-order valence-electron chi connectivity index (χ4n) is 2.00. The third-order valence-electron chi connectivity index (χ3n) is 3.16. The highest BCUT2D eigenvalue weighted by Gasteiger charge is 2.01. The van der Waals surface area contributed by atoms with Crippen LogP contribution in [0.15, 0.2) is 43.0 Å². The number of aromatic nitrogens is 3. The molecule has 118 valence electrons. The van der Waals surface area contributed by atoms with E-state index in [0.717, 1.165) is 24.9 Å². The highest BCUT2D eigenvalue weighted by Crippen LogP contribution is 2.01. The molecule has 0 saturated carbocycles. The molecule has 2 aromatic rings. The second kappa shape index (κ2) is 9.68. The highest BCUT2D eigenvalue weighted by molar-refractivity contribution is 5.75. The zero-order valence-electron chi connectivity index (χ0n) is 12.6. The summed E-state index contributed by atoms with van der Waals surface area (Å²) in [6.07, 6.45) is 5.26. The number of carbonyl (C=O) groups is 1. The van der Waals surface area contributed by atoms with Crippen molar-refractivity contribution in [2.24, 2.45) is 0 Å². The van der Waals surface area contributed by atoms with Gasteiger partial charge in [0.1, 0.15) is 12.7 Å². The molecule has 1 N–H and O–H groups in total. The number of ether oxygens (including phenoxy) is 1. The zero-order chi connectivity index (χ0) is 15.5. The number of nitrogens with zero attached hydrogens (tertiary/aromatic N) is 3. The first kappa shape index (κ1) is 16.2. The second-order valence-electron chi connectivity index (χ2n) is 5.00. The van der Waals surface area contributed by atoms with Gasteiger partial charge in [0.05, 0.1) is 6.61 Å². The van der Waals surface area contributed by atoms with Gasteiger partial charge in [0.15, 0.2) is 0 Å². The molecule has 0 bridgehead atoms. The Kier molecular flexibility index (Phi) is 7.11. The minimum atomic E-state index is 0.0712. The number of hydrogen-bond acceptors (Lipinski definition) is 4. The molecule has 0 aliphatic carbocycles. The van der Waals surface area contributed by atoms with Crippen LogP contribution < -0.4 is 5.32 Å². The number of rotatable bonds is 10. The van der Waals surface area contributed by atoms with Crippen LogP contribution in [0.4, 0.5) is 0 Å².